The topological polar surface area (TPSA) is 41.8 Å². The predicted molar refractivity (Wildman–Crippen MR) is 38.0 cm³/mol. The Balaban J connectivity index is 2.82. The lowest BCUT2D eigenvalue weighted by Crippen LogP contribution is -2.08. The van der Waals surface area contributed by atoms with Crippen LogP contribution in [0.3, 0.4) is 0 Å². The number of nitrogens with one attached hydrogen (secondary N) is 1. The zero-order chi connectivity index (χ0) is 7.56. The number of aromatic amines is 1. The van der Waals surface area contributed by atoms with Crippen molar-refractivity contribution in [2.45, 2.75) is 19.4 Å². The van der Waals surface area contributed by atoms with Gasteiger partial charge < -0.3 is 10.7 Å². The van der Waals surface area contributed by atoms with Crippen molar-refractivity contribution in [3.8, 4) is 0 Å². The molecule has 56 valence electrons. The van der Waals surface area contributed by atoms with E-state index in [0.29, 0.717) is 5.56 Å². The molecule has 1 rings (SSSR count). The van der Waals surface area contributed by atoms with Crippen molar-refractivity contribution < 1.29 is 4.39 Å². The summed E-state index contributed by atoms with van der Waals surface area (Å²) in [5.74, 6) is -0.241. The summed E-state index contributed by atoms with van der Waals surface area (Å²) in [5.41, 5.74) is 6.15. The number of halogens is 1. The molecule has 0 aliphatic rings. The number of nitrogens with two attached hydrogens (primary N) is 1. The molecule has 1 aromatic rings. The second-order valence-corrected chi connectivity index (χ2v) is 2.27. The lowest BCUT2D eigenvalue weighted by Gasteiger charge is -2.04. The maximum atomic E-state index is 12.7. The van der Waals surface area contributed by atoms with Gasteiger partial charge >= 0.3 is 0 Å². The first-order valence-electron chi connectivity index (χ1n) is 3.33. The molecular weight excluding hydrogens is 131 g/mol. The molecule has 1 atom stereocenters. The third-order valence-electron chi connectivity index (χ3n) is 1.56. The molecule has 0 fully saturated rings. The standard InChI is InChI=1S/C7H11FN2/c1-2-7(9)5-3-10-4-6(5)8/h3-4,7,10H,2,9H2,1H3. The van der Waals surface area contributed by atoms with Gasteiger partial charge in [0.25, 0.3) is 0 Å². The van der Waals surface area contributed by atoms with Gasteiger partial charge in [0.15, 0.2) is 0 Å². The largest absolute Gasteiger partial charge is 0.365 e. The van der Waals surface area contributed by atoms with Crippen molar-refractivity contribution in [3.05, 3.63) is 23.8 Å². The molecule has 2 nitrogen and oxygen atoms in total. The minimum absolute atomic E-state index is 0.175. The normalized spacial score (nSPS) is 13.5. The monoisotopic (exact) mass is 142 g/mol. The predicted octanol–water partition coefficient (Wildman–Crippen LogP) is 1.56. The van der Waals surface area contributed by atoms with E-state index < -0.39 is 0 Å². The van der Waals surface area contributed by atoms with E-state index in [4.69, 9.17) is 5.73 Å². The molecule has 3 heteroatoms. The number of aromatic nitrogens is 1. The molecule has 0 spiro atoms. The number of hydrogen-bond acceptors (Lipinski definition) is 1. The first kappa shape index (κ1) is 7.28. The number of hydrogen-bond donors (Lipinski definition) is 2. The SMILES string of the molecule is CCC(N)c1c[nH]cc1F. The van der Waals surface area contributed by atoms with Gasteiger partial charge in [0.1, 0.15) is 5.82 Å². The molecule has 0 radical (unpaired) electrons. The Labute approximate surface area is 59.2 Å². The first-order chi connectivity index (χ1) is 4.75. The van der Waals surface area contributed by atoms with Crippen molar-refractivity contribution >= 4 is 0 Å². The Morgan fingerprint density at radius 2 is 2.40 bits per heavy atom. The van der Waals surface area contributed by atoms with Gasteiger partial charge in [0, 0.05) is 24.0 Å². The minimum Gasteiger partial charge on any atom is -0.365 e. The van der Waals surface area contributed by atoms with E-state index in [1.807, 2.05) is 6.92 Å². The van der Waals surface area contributed by atoms with Crippen molar-refractivity contribution in [3.63, 3.8) is 0 Å². The highest BCUT2D eigenvalue weighted by atomic mass is 19.1. The van der Waals surface area contributed by atoms with Crippen LogP contribution in [-0.4, -0.2) is 4.98 Å². The fourth-order valence-corrected chi connectivity index (χ4v) is 0.861. The van der Waals surface area contributed by atoms with Gasteiger partial charge in [-0.15, -0.1) is 0 Å². The van der Waals surface area contributed by atoms with Crippen LogP contribution in [0.2, 0.25) is 0 Å². The lowest BCUT2D eigenvalue weighted by atomic mass is 10.1. The van der Waals surface area contributed by atoms with Gasteiger partial charge in [0.2, 0.25) is 0 Å². The van der Waals surface area contributed by atoms with E-state index in [-0.39, 0.29) is 11.9 Å². The maximum absolute atomic E-state index is 12.7. The highest BCUT2D eigenvalue weighted by molar-refractivity contribution is 5.15. The van der Waals surface area contributed by atoms with Gasteiger partial charge in [-0.1, -0.05) is 6.92 Å². The third kappa shape index (κ3) is 1.19. The fourth-order valence-electron chi connectivity index (χ4n) is 0.861. The summed E-state index contributed by atoms with van der Waals surface area (Å²) in [4.78, 5) is 2.66. The summed E-state index contributed by atoms with van der Waals surface area (Å²) in [5, 5.41) is 0. The Hall–Kier alpha value is -0.830. The van der Waals surface area contributed by atoms with E-state index in [9.17, 15) is 4.39 Å². The van der Waals surface area contributed by atoms with E-state index >= 15 is 0 Å². The molecule has 0 aromatic carbocycles. The molecule has 0 aliphatic carbocycles. The molecule has 0 saturated carbocycles. The van der Waals surface area contributed by atoms with Crippen LogP contribution >= 0.6 is 0 Å². The molecule has 0 saturated heterocycles. The fraction of sp³-hybridized carbons (Fsp3) is 0.429. The van der Waals surface area contributed by atoms with Gasteiger partial charge in [-0.05, 0) is 6.42 Å². The molecule has 0 amide bonds. The molecule has 0 aliphatic heterocycles. The summed E-state index contributed by atoms with van der Waals surface area (Å²) >= 11 is 0. The molecule has 1 heterocycles. The van der Waals surface area contributed by atoms with Crippen LogP contribution in [0.5, 0.6) is 0 Å². The average Bonchev–Trinajstić information content (AvgIpc) is 2.34. The molecule has 10 heavy (non-hydrogen) atoms. The van der Waals surface area contributed by atoms with E-state index in [1.165, 1.54) is 6.20 Å². The summed E-state index contributed by atoms with van der Waals surface area (Å²) in [7, 11) is 0. The van der Waals surface area contributed by atoms with Crippen LogP contribution in [0.4, 0.5) is 4.39 Å². The second kappa shape index (κ2) is 2.84. The van der Waals surface area contributed by atoms with Crippen LogP contribution in [0.15, 0.2) is 12.4 Å². The molecule has 1 unspecified atom stereocenters. The number of H-pyrrole nitrogens is 1. The zero-order valence-corrected chi connectivity index (χ0v) is 5.89. The highest BCUT2D eigenvalue weighted by Crippen LogP contribution is 2.15. The van der Waals surface area contributed by atoms with Gasteiger partial charge in [0.05, 0.1) is 0 Å². The second-order valence-electron chi connectivity index (χ2n) is 2.27. The Kier molecular flexibility index (Phi) is 2.06. The average molecular weight is 142 g/mol. The Morgan fingerprint density at radius 1 is 1.70 bits per heavy atom. The summed E-state index contributed by atoms with van der Waals surface area (Å²) in [6.07, 6.45) is 3.67. The van der Waals surface area contributed by atoms with Crippen LogP contribution in [0.25, 0.3) is 0 Å². The molecule has 3 N–H and O–H groups in total. The van der Waals surface area contributed by atoms with Crippen molar-refractivity contribution in [2.24, 2.45) is 5.73 Å². The van der Waals surface area contributed by atoms with Crippen LogP contribution in [0.1, 0.15) is 24.9 Å². The lowest BCUT2D eigenvalue weighted by molar-refractivity contribution is 0.581. The van der Waals surface area contributed by atoms with Gasteiger partial charge in [-0.2, -0.15) is 0 Å². The van der Waals surface area contributed by atoms with Crippen molar-refractivity contribution in [1.82, 2.24) is 4.98 Å². The summed E-state index contributed by atoms with van der Waals surface area (Å²) in [6.45, 7) is 1.93. The van der Waals surface area contributed by atoms with Crippen LogP contribution < -0.4 is 5.73 Å². The number of rotatable bonds is 2. The quantitative estimate of drug-likeness (QED) is 0.646. The van der Waals surface area contributed by atoms with Crippen molar-refractivity contribution in [1.29, 1.82) is 0 Å². The van der Waals surface area contributed by atoms with Gasteiger partial charge in [-0.25, -0.2) is 4.39 Å². The first-order valence-corrected chi connectivity index (χ1v) is 3.33. The summed E-state index contributed by atoms with van der Waals surface area (Å²) in [6, 6.07) is -0.175. The molecule has 0 bridgehead atoms. The van der Waals surface area contributed by atoms with Gasteiger partial charge in [-0.3, -0.25) is 0 Å². The zero-order valence-electron chi connectivity index (χ0n) is 5.89. The van der Waals surface area contributed by atoms with E-state index in [0.717, 1.165) is 6.42 Å². The molecular formula is C7H11FN2. The van der Waals surface area contributed by atoms with E-state index in [2.05, 4.69) is 4.98 Å². The van der Waals surface area contributed by atoms with Crippen LogP contribution in [-0.2, 0) is 0 Å². The Bertz CT molecular complexity index is 207. The van der Waals surface area contributed by atoms with Crippen LogP contribution in [0, 0.1) is 5.82 Å². The highest BCUT2D eigenvalue weighted by Gasteiger charge is 2.08. The third-order valence-corrected chi connectivity index (χ3v) is 1.56. The summed E-state index contributed by atoms with van der Waals surface area (Å²) < 4.78 is 12.7. The van der Waals surface area contributed by atoms with Crippen molar-refractivity contribution in [2.75, 3.05) is 0 Å². The minimum atomic E-state index is -0.241. The Morgan fingerprint density at radius 3 is 2.80 bits per heavy atom. The van der Waals surface area contributed by atoms with E-state index in [1.54, 1.807) is 6.20 Å². The smallest absolute Gasteiger partial charge is 0.145 e. The molecule has 1 aromatic heterocycles. The maximum Gasteiger partial charge on any atom is 0.145 e.